The summed E-state index contributed by atoms with van der Waals surface area (Å²) in [7, 11) is -4.06. The molecule has 0 saturated carbocycles. The number of halogens is 1. The van der Waals surface area contributed by atoms with Gasteiger partial charge in [-0.05, 0) is 19.3 Å². The SMILES string of the molecule is CCCCCCCCCCCCCCCCCCCCOS(=O)(=O)C(F)CCCCCCCCCCC.[NaH]. The van der Waals surface area contributed by atoms with Gasteiger partial charge in [0.25, 0.3) is 10.1 Å². The van der Waals surface area contributed by atoms with Crippen LogP contribution in [0.4, 0.5) is 4.39 Å². The third kappa shape index (κ3) is 29.8. The molecule has 0 spiro atoms. The minimum absolute atomic E-state index is 0. The Hall–Kier alpha value is 0.840. The van der Waals surface area contributed by atoms with Crippen molar-refractivity contribution in [1.82, 2.24) is 0 Å². The van der Waals surface area contributed by atoms with Crippen molar-refractivity contribution in [3.63, 3.8) is 0 Å². The van der Waals surface area contributed by atoms with E-state index in [-0.39, 0.29) is 42.6 Å². The van der Waals surface area contributed by atoms with Gasteiger partial charge in [-0.25, -0.2) is 4.39 Å². The van der Waals surface area contributed by atoms with Gasteiger partial charge in [0.05, 0.1) is 6.61 Å². The summed E-state index contributed by atoms with van der Waals surface area (Å²) in [5.74, 6) is 0. The van der Waals surface area contributed by atoms with Crippen molar-refractivity contribution in [2.24, 2.45) is 0 Å². The van der Waals surface area contributed by atoms with Crippen molar-refractivity contribution in [1.29, 1.82) is 0 Å². The van der Waals surface area contributed by atoms with Gasteiger partial charge in [-0.2, -0.15) is 8.42 Å². The molecule has 1 atom stereocenters. The second kappa shape index (κ2) is 32.4. The first-order valence-electron chi connectivity index (χ1n) is 16.6. The molecule has 1 unspecified atom stereocenters. The van der Waals surface area contributed by atoms with Crippen LogP contribution in [0.15, 0.2) is 0 Å². The second-order valence-corrected chi connectivity index (χ2v) is 13.1. The van der Waals surface area contributed by atoms with E-state index in [1.807, 2.05) is 0 Å². The molecule has 0 rings (SSSR count). The molecule has 0 heterocycles. The fourth-order valence-corrected chi connectivity index (χ4v) is 5.97. The summed E-state index contributed by atoms with van der Waals surface area (Å²) < 4.78 is 43.0. The second-order valence-electron chi connectivity index (χ2n) is 11.4. The normalized spacial score (nSPS) is 12.5. The van der Waals surface area contributed by atoms with Crippen LogP contribution in [-0.2, 0) is 14.3 Å². The van der Waals surface area contributed by atoms with Crippen molar-refractivity contribution < 1.29 is 17.0 Å². The zero-order valence-corrected chi connectivity index (χ0v) is 25.9. The van der Waals surface area contributed by atoms with E-state index in [9.17, 15) is 12.8 Å². The third-order valence-electron chi connectivity index (χ3n) is 7.59. The van der Waals surface area contributed by atoms with Crippen molar-refractivity contribution in [3.8, 4) is 0 Å². The number of alkyl halides is 1. The molecule has 0 amide bonds. The Balaban J connectivity index is 0. The van der Waals surface area contributed by atoms with Gasteiger partial charge in [0.15, 0.2) is 0 Å². The number of unbranched alkanes of at least 4 members (excludes halogenated alkanes) is 25. The summed E-state index contributed by atoms with van der Waals surface area (Å²) in [5.41, 5.74) is -1.87. The van der Waals surface area contributed by atoms with Crippen molar-refractivity contribution in [3.05, 3.63) is 0 Å². The number of rotatable bonds is 31. The molecule has 0 radical (unpaired) electrons. The minimum atomic E-state index is -4.06. The number of hydrogen-bond acceptors (Lipinski definition) is 3. The zero-order chi connectivity index (χ0) is 27.3. The van der Waals surface area contributed by atoms with E-state index in [1.54, 1.807) is 0 Å². The van der Waals surface area contributed by atoms with Gasteiger partial charge in [0, 0.05) is 0 Å². The van der Waals surface area contributed by atoms with E-state index in [2.05, 4.69) is 13.8 Å². The Bertz CT molecular complexity index is 545. The Morgan fingerprint density at radius 2 is 0.737 bits per heavy atom. The fourth-order valence-electron chi connectivity index (χ4n) is 5.01. The Kier molecular flexibility index (Phi) is 34.9. The van der Waals surface area contributed by atoms with Crippen LogP contribution in [0.2, 0.25) is 0 Å². The quantitative estimate of drug-likeness (QED) is 0.0471. The van der Waals surface area contributed by atoms with Gasteiger partial charge in [-0.1, -0.05) is 174 Å². The molecule has 38 heavy (non-hydrogen) atoms. The van der Waals surface area contributed by atoms with Crippen LogP contribution in [-0.4, -0.2) is 50.1 Å². The van der Waals surface area contributed by atoms with Crippen LogP contribution >= 0.6 is 0 Å². The Morgan fingerprint density at radius 1 is 0.474 bits per heavy atom. The van der Waals surface area contributed by atoms with Crippen LogP contribution in [0.5, 0.6) is 0 Å². The van der Waals surface area contributed by atoms with Crippen LogP contribution in [0.1, 0.15) is 194 Å². The first-order valence-corrected chi connectivity index (χ1v) is 18.0. The molecule has 0 bridgehead atoms. The van der Waals surface area contributed by atoms with Crippen molar-refractivity contribution >= 4 is 39.7 Å². The van der Waals surface area contributed by atoms with E-state index in [1.165, 1.54) is 135 Å². The standard InChI is InChI=1S/C32H65FO3S.Na.H/c1-3-5-7-9-11-13-14-15-16-17-18-19-20-21-23-25-27-29-31-36-37(34,35)32(33)30-28-26-24-22-12-10-8-6-4-2;;/h32H,3-31H2,1-2H3;;. The molecule has 0 saturated heterocycles. The molecule has 6 heteroatoms. The Labute approximate surface area is 261 Å². The fraction of sp³-hybridized carbons (Fsp3) is 1.00. The first kappa shape index (κ1) is 41.0. The van der Waals surface area contributed by atoms with Gasteiger partial charge in [-0.3, -0.25) is 4.18 Å². The molecular formula is C32H66FNaO3S. The first-order chi connectivity index (χ1) is 18.0. The monoisotopic (exact) mass is 572 g/mol. The van der Waals surface area contributed by atoms with Gasteiger partial charge < -0.3 is 0 Å². The van der Waals surface area contributed by atoms with E-state index >= 15 is 0 Å². The summed E-state index contributed by atoms with van der Waals surface area (Å²) >= 11 is 0. The molecule has 0 aromatic rings. The summed E-state index contributed by atoms with van der Waals surface area (Å²) in [5, 5.41) is 0. The van der Waals surface area contributed by atoms with Crippen LogP contribution in [0.25, 0.3) is 0 Å². The van der Waals surface area contributed by atoms with E-state index < -0.39 is 15.6 Å². The summed E-state index contributed by atoms with van der Waals surface area (Å²) in [6, 6.07) is 0. The predicted octanol–water partition coefficient (Wildman–Crippen LogP) is 10.9. The van der Waals surface area contributed by atoms with Crippen LogP contribution < -0.4 is 0 Å². The number of hydrogen-bond donors (Lipinski definition) is 0. The van der Waals surface area contributed by atoms with Gasteiger partial charge in [-0.15, -0.1) is 0 Å². The van der Waals surface area contributed by atoms with E-state index in [0.29, 0.717) is 12.8 Å². The molecule has 3 nitrogen and oxygen atoms in total. The van der Waals surface area contributed by atoms with E-state index in [4.69, 9.17) is 4.18 Å². The predicted molar refractivity (Wildman–Crippen MR) is 168 cm³/mol. The average Bonchev–Trinajstić information content (AvgIpc) is 2.88. The molecule has 0 aliphatic carbocycles. The van der Waals surface area contributed by atoms with Crippen molar-refractivity contribution in [2.45, 2.75) is 199 Å². The Morgan fingerprint density at radius 3 is 1.05 bits per heavy atom. The summed E-state index contributed by atoms with van der Waals surface area (Å²) in [6.07, 6.45) is 33.5. The molecule has 0 aromatic heterocycles. The third-order valence-corrected chi connectivity index (χ3v) is 8.95. The maximum atomic E-state index is 14.1. The average molecular weight is 573 g/mol. The van der Waals surface area contributed by atoms with Gasteiger partial charge in [0.1, 0.15) is 0 Å². The molecule has 0 aliphatic heterocycles. The van der Waals surface area contributed by atoms with Gasteiger partial charge in [0.2, 0.25) is 5.50 Å². The summed E-state index contributed by atoms with van der Waals surface area (Å²) in [6.45, 7) is 4.61. The maximum absolute atomic E-state index is 14.1. The molecular weight excluding hydrogens is 506 g/mol. The molecule has 0 fully saturated rings. The zero-order valence-electron chi connectivity index (χ0n) is 25.1. The molecule has 0 N–H and O–H groups in total. The van der Waals surface area contributed by atoms with E-state index in [0.717, 1.165) is 25.7 Å². The van der Waals surface area contributed by atoms with Gasteiger partial charge >= 0.3 is 29.6 Å². The molecule has 0 aromatic carbocycles. The topological polar surface area (TPSA) is 43.4 Å². The van der Waals surface area contributed by atoms with Crippen LogP contribution in [0.3, 0.4) is 0 Å². The molecule has 226 valence electrons. The summed E-state index contributed by atoms with van der Waals surface area (Å²) in [4.78, 5) is 0. The molecule has 0 aliphatic rings. The van der Waals surface area contributed by atoms with Crippen molar-refractivity contribution in [2.75, 3.05) is 6.61 Å². The van der Waals surface area contributed by atoms with Crippen LogP contribution in [0, 0.1) is 0 Å².